The number of amides is 1. The lowest BCUT2D eigenvalue weighted by molar-refractivity contribution is -0.142. The minimum Gasteiger partial charge on any atom is -0.480 e. The van der Waals surface area contributed by atoms with Gasteiger partial charge in [-0.1, -0.05) is 37.3 Å². The number of hydrogen-bond donors (Lipinski definition) is 2. The summed E-state index contributed by atoms with van der Waals surface area (Å²) in [4.78, 5) is 22.9. The van der Waals surface area contributed by atoms with Gasteiger partial charge in [-0.15, -0.1) is 0 Å². The number of aryl methyl sites for hydroxylation is 1. The van der Waals surface area contributed by atoms with Gasteiger partial charge in [0.05, 0.1) is 6.61 Å². The molecule has 21 heavy (non-hydrogen) atoms. The Hall–Kier alpha value is -1.88. The third-order valence-electron chi connectivity index (χ3n) is 3.02. The van der Waals surface area contributed by atoms with E-state index in [0.29, 0.717) is 26.1 Å². The highest BCUT2D eigenvalue weighted by molar-refractivity contribution is 5.83. The fourth-order valence-corrected chi connectivity index (χ4v) is 1.89. The van der Waals surface area contributed by atoms with Crippen molar-refractivity contribution in [1.29, 1.82) is 0 Å². The number of ether oxygens (including phenoxy) is 1. The summed E-state index contributed by atoms with van der Waals surface area (Å²) in [6.45, 7) is 2.93. The first kappa shape index (κ1) is 17.2. The zero-order valence-electron chi connectivity index (χ0n) is 12.4. The summed E-state index contributed by atoms with van der Waals surface area (Å²) >= 11 is 0. The van der Waals surface area contributed by atoms with Crippen molar-refractivity contribution >= 4 is 11.9 Å². The SMILES string of the molecule is CCCOCCC(=O)N[C@@H](CCc1ccccc1)C(=O)O. The highest BCUT2D eigenvalue weighted by atomic mass is 16.5. The van der Waals surface area contributed by atoms with Crippen molar-refractivity contribution in [2.24, 2.45) is 0 Å². The van der Waals surface area contributed by atoms with Crippen molar-refractivity contribution in [1.82, 2.24) is 5.32 Å². The topological polar surface area (TPSA) is 75.6 Å². The summed E-state index contributed by atoms with van der Waals surface area (Å²) in [5.41, 5.74) is 1.06. The molecule has 0 heterocycles. The van der Waals surface area contributed by atoms with Crippen LogP contribution in [-0.4, -0.2) is 36.2 Å². The molecule has 1 atom stereocenters. The Morgan fingerprint density at radius 1 is 1.24 bits per heavy atom. The molecular formula is C16H23NO4. The highest BCUT2D eigenvalue weighted by Crippen LogP contribution is 2.05. The summed E-state index contributed by atoms with van der Waals surface area (Å²) in [5.74, 6) is -1.29. The number of hydrogen-bond acceptors (Lipinski definition) is 3. The van der Waals surface area contributed by atoms with Gasteiger partial charge in [-0.05, 0) is 24.8 Å². The Balaban J connectivity index is 2.35. The number of carbonyl (C=O) groups is 2. The van der Waals surface area contributed by atoms with Crippen molar-refractivity contribution in [3.05, 3.63) is 35.9 Å². The molecule has 1 amide bonds. The van der Waals surface area contributed by atoms with Crippen LogP contribution < -0.4 is 5.32 Å². The molecule has 5 nitrogen and oxygen atoms in total. The van der Waals surface area contributed by atoms with Crippen LogP contribution in [0.4, 0.5) is 0 Å². The molecule has 0 spiro atoms. The van der Waals surface area contributed by atoms with E-state index < -0.39 is 12.0 Å². The average Bonchev–Trinajstić information content (AvgIpc) is 2.48. The van der Waals surface area contributed by atoms with Crippen molar-refractivity contribution in [2.45, 2.75) is 38.6 Å². The minimum atomic E-state index is -1.01. The lowest BCUT2D eigenvalue weighted by atomic mass is 10.1. The normalized spacial score (nSPS) is 11.9. The Morgan fingerprint density at radius 2 is 1.95 bits per heavy atom. The summed E-state index contributed by atoms with van der Waals surface area (Å²) in [6.07, 6.45) is 2.08. The molecular weight excluding hydrogens is 270 g/mol. The molecule has 1 aromatic rings. The van der Waals surface area contributed by atoms with Gasteiger partial charge in [0.2, 0.25) is 5.91 Å². The monoisotopic (exact) mass is 293 g/mol. The smallest absolute Gasteiger partial charge is 0.326 e. The maximum absolute atomic E-state index is 11.7. The second-order valence-corrected chi connectivity index (χ2v) is 4.84. The maximum Gasteiger partial charge on any atom is 0.326 e. The summed E-state index contributed by atoms with van der Waals surface area (Å²) < 4.78 is 5.22. The van der Waals surface area contributed by atoms with E-state index in [9.17, 15) is 9.59 Å². The molecule has 0 bridgehead atoms. The molecule has 0 aromatic heterocycles. The van der Waals surface area contributed by atoms with Crippen molar-refractivity contribution in [3.63, 3.8) is 0 Å². The summed E-state index contributed by atoms with van der Waals surface area (Å²) in [5, 5.41) is 11.7. The van der Waals surface area contributed by atoms with Crippen LogP contribution in [0.25, 0.3) is 0 Å². The van der Waals surface area contributed by atoms with Gasteiger partial charge in [0.15, 0.2) is 0 Å². The average molecular weight is 293 g/mol. The zero-order chi connectivity index (χ0) is 15.5. The van der Waals surface area contributed by atoms with Gasteiger partial charge in [0.1, 0.15) is 6.04 Å². The number of aliphatic carboxylic acids is 1. The van der Waals surface area contributed by atoms with E-state index >= 15 is 0 Å². The predicted octanol–water partition coefficient (Wildman–Crippen LogP) is 2.01. The van der Waals surface area contributed by atoms with Crippen molar-refractivity contribution < 1.29 is 19.4 Å². The molecule has 1 rings (SSSR count). The molecule has 0 saturated heterocycles. The number of carboxylic acids is 1. The molecule has 2 N–H and O–H groups in total. The standard InChI is InChI=1S/C16H23NO4/c1-2-11-21-12-10-15(18)17-14(16(19)20)9-8-13-6-4-3-5-7-13/h3-7,14H,2,8-12H2,1H3,(H,17,18)(H,19,20)/t14-/m0/s1. The Morgan fingerprint density at radius 3 is 2.57 bits per heavy atom. The Kier molecular flexibility index (Phi) is 8.12. The van der Waals surface area contributed by atoms with Crippen LogP contribution in [-0.2, 0) is 20.7 Å². The highest BCUT2D eigenvalue weighted by Gasteiger charge is 2.19. The molecule has 0 unspecified atom stereocenters. The van der Waals surface area contributed by atoms with Gasteiger partial charge in [-0.2, -0.15) is 0 Å². The van der Waals surface area contributed by atoms with Gasteiger partial charge in [-0.25, -0.2) is 4.79 Å². The largest absolute Gasteiger partial charge is 0.480 e. The van der Waals surface area contributed by atoms with Gasteiger partial charge in [0.25, 0.3) is 0 Å². The predicted molar refractivity (Wildman–Crippen MR) is 80.1 cm³/mol. The van der Waals surface area contributed by atoms with Crippen molar-refractivity contribution in [3.8, 4) is 0 Å². The van der Waals surface area contributed by atoms with E-state index in [-0.39, 0.29) is 12.3 Å². The van der Waals surface area contributed by atoms with Crippen LogP contribution in [0.5, 0.6) is 0 Å². The molecule has 0 aliphatic carbocycles. The van der Waals surface area contributed by atoms with E-state index in [1.165, 1.54) is 0 Å². The molecule has 0 saturated carbocycles. The van der Waals surface area contributed by atoms with E-state index in [1.807, 2.05) is 37.3 Å². The van der Waals surface area contributed by atoms with Crippen LogP contribution in [0.15, 0.2) is 30.3 Å². The Bertz CT molecular complexity index is 433. The summed E-state index contributed by atoms with van der Waals surface area (Å²) in [6, 6.07) is 8.77. The third-order valence-corrected chi connectivity index (χ3v) is 3.02. The van der Waals surface area contributed by atoms with Gasteiger partial charge >= 0.3 is 5.97 Å². The molecule has 1 aromatic carbocycles. The number of rotatable bonds is 10. The van der Waals surface area contributed by atoms with Gasteiger partial charge < -0.3 is 15.2 Å². The van der Waals surface area contributed by atoms with Crippen LogP contribution in [0.1, 0.15) is 31.7 Å². The lowest BCUT2D eigenvalue weighted by Crippen LogP contribution is -2.41. The molecule has 5 heteroatoms. The molecule has 0 radical (unpaired) electrons. The summed E-state index contributed by atoms with van der Waals surface area (Å²) in [7, 11) is 0. The number of benzene rings is 1. The van der Waals surface area contributed by atoms with Gasteiger partial charge in [-0.3, -0.25) is 4.79 Å². The molecule has 0 fully saturated rings. The van der Waals surface area contributed by atoms with E-state index in [4.69, 9.17) is 9.84 Å². The zero-order valence-corrected chi connectivity index (χ0v) is 12.4. The molecule has 0 aliphatic heterocycles. The fraction of sp³-hybridized carbons (Fsp3) is 0.500. The number of carboxylic acid groups (broad SMARTS) is 1. The van der Waals surface area contributed by atoms with Crippen LogP contribution >= 0.6 is 0 Å². The second kappa shape index (κ2) is 9.94. The maximum atomic E-state index is 11.7. The van der Waals surface area contributed by atoms with Gasteiger partial charge in [0, 0.05) is 13.0 Å². The van der Waals surface area contributed by atoms with E-state index in [0.717, 1.165) is 12.0 Å². The number of carbonyl (C=O) groups excluding carboxylic acids is 1. The lowest BCUT2D eigenvalue weighted by Gasteiger charge is -2.14. The van der Waals surface area contributed by atoms with Crippen molar-refractivity contribution in [2.75, 3.05) is 13.2 Å². The second-order valence-electron chi connectivity index (χ2n) is 4.84. The van der Waals surface area contributed by atoms with Crippen LogP contribution in [0.2, 0.25) is 0 Å². The molecule has 0 aliphatic rings. The van der Waals surface area contributed by atoms with E-state index in [2.05, 4.69) is 5.32 Å². The van der Waals surface area contributed by atoms with Crippen LogP contribution in [0, 0.1) is 0 Å². The first-order valence-corrected chi connectivity index (χ1v) is 7.27. The molecule has 116 valence electrons. The minimum absolute atomic E-state index is 0.190. The quantitative estimate of drug-likeness (QED) is 0.647. The van der Waals surface area contributed by atoms with Crippen LogP contribution in [0.3, 0.4) is 0 Å². The van der Waals surface area contributed by atoms with E-state index in [1.54, 1.807) is 0 Å². The Labute approximate surface area is 125 Å². The first-order chi connectivity index (χ1) is 10.1. The third kappa shape index (κ3) is 7.46. The fourth-order valence-electron chi connectivity index (χ4n) is 1.89. The number of nitrogens with one attached hydrogen (secondary N) is 1. The first-order valence-electron chi connectivity index (χ1n) is 7.27.